The second-order valence-corrected chi connectivity index (χ2v) is 14.0. The summed E-state index contributed by atoms with van der Waals surface area (Å²) >= 11 is 1.53. The first-order valence-corrected chi connectivity index (χ1v) is 14.4. The Kier molecular flexibility index (Phi) is 10.9. The van der Waals surface area contributed by atoms with Gasteiger partial charge in [-0.25, -0.2) is 0 Å². The van der Waals surface area contributed by atoms with Crippen molar-refractivity contribution in [2.75, 3.05) is 38.2 Å². The minimum atomic E-state index is -4.29. The molecule has 0 saturated carbocycles. The molecule has 8 nitrogen and oxygen atoms in total. The number of benzene rings is 1. The molecule has 2 N–H and O–H groups in total. The Morgan fingerprint density at radius 1 is 1.26 bits per heavy atom. The van der Waals surface area contributed by atoms with Crippen molar-refractivity contribution in [2.24, 2.45) is 5.41 Å². The monoisotopic (exact) mass is 492 g/mol. The molecule has 0 aromatic heterocycles. The molecule has 0 aliphatic rings. The molecule has 0 fully saturated rings. The van der Waals surface area contributed by atoms with Crippen molar-refractivity contribution in [3.05, 3.63) is 42.5 Å². The summed E-state index contributed by atoms with van der Waals surface area (Å²) < 4.78 is 48.0. The van der Waals surface area contributed by atoms with Crippen LogP contribution >= 0.6 is 11.8 Å². The van der Waals surface area contributed by atoms with E-state index in [1.54, 1.807) is 26.0 Å². The summed E-state index contributed by atoms with van der Waals surface area (Å²) in [6, 6.07) is 5.93. The molecule has 1 aromatic carbocycles. The van der Waals surface area contributed by atoms with Crippen LogP contribution in [0.3, 0.4) is 0 Å². The predicted molar refractivity (Wildman–Crippen MR) is 123 cm³/mol. The van der Waals surface area contributed by atoms with Gasteiger partial charge in [0.1, 0.15) is 6.61 Å². The lowest BCUT2D eigenvalue weighted by atomic mass is 9.80. The quantitative estimate of drug-likeness (QED) is 0.175. The summed E-state index contributed by atoms with van der Waals surface area (Å²) in [7, 11) is -3.99. The van der Waals surface area contributed by atoms with Gasteiger partial charge in [-0.1, -0.05) is 24.8 Å². The largest absolute Gasteiger partial charge is 0.461 e. The Morgan fingerprint density at radius 2 is 1.84 bits per heavy atom. The molecule has 0 bridgehead atoms. The van der Waals surface area contributed by atoms with Crippen LogP contribution in [-0.2, 0) is 28.5 Å². The standard InChI is InChI=1S/C20H32O8S2Si/c1-6-11-28-19(22)20(2,3)12-17(13-29-15-31(14-21,26-4)27-5)16-7-9-18(10-8-16)30(23,24)25/h6-10,17,21H,1,11-15H2,2-5H3,(H,23,24,25). The van der Waals surface area contributed by atoms with E-state index in [1.165, 1.54) is 44.2 Å². The summed E-state index contributed by atoms with van der Waals surface area (Å²) in [4.78, 5) is 12.3. The normalized spacial score (nSPS) is 13.6. The number of esters is 1. The number of carbonyl (C=O) groups is 1. The fraction of sp³-hybridized carbons (Fsp3) is 0.550. The molecule has 0 aliphatic carbocycles. The van der Waals surface area contributed by atoms with Gasteiger partial charge in [-0.15, -0.1) is 0 Å². The van der Waals surface area contributed by atoms with Crippen molar-refractivity contribution in [1.82, 2.24) is 0 Å². The third kappa shape index (κ3) is 8.33. The molecule has 1 rings (SSSR count). The highest BCUT2D eigenvalue weighted by Crippen LogP contribution is 2.36. The number of carbonyl (C=O) groups excluding carboxylic acids is 1. The zero-order valence-corrected chi connectivity index (χ0v) is 21.0. The molecule has 11 heteroatoms. The zero-order chi connectivity index (χ0) is 23.7. The van der Waals surface area contributed by atoms with E-state index in [0.29, 0.717) is 17.5 Å². The predicted octanol–water partition coefficient (Wildman–Crippen LogP) is 2.70. The molecule has 176 valence electrons. The number of ether oxygens (including phenoxy) is 1. The van der Waals surface area contributed by atoms with Crippen LogP contribution in [0.5, 0.6) is 0 Å². The number of hydrogen-bond donors (Lipinski definition) is 2. The fourth-order valence-corrected chi connectivity index (χ4v) is 7.47. The van der Waals surface area contributed by atoms with E-state index < -0.39 is 24.1 Å². The first kappa shape index (κ1) is 27.8. The van der Waals surface area contributed by atoms with E-state index in [4.69, 9.17) is 13.6 Å². The van der Waals surface area contributed by atoms with Gasteiger partial charge in [-0.05, 0) is 43.9 Å². The Balaban J connectivity index is 3.09. The van der Waals surface area contributed by atoms with Crippen LogP contribution < -0.4 is 0 Å². The van der Waals surface area contributed by atoms with Gasteiger partial charge >= 0.3 is 14.5 Å². The zero-order valence-electron chi connectivity index (χ0n) is 18.4. The molecule has 0 spiro atoms. The molecular formula is C20H32O8S2Si. The summed E-state index contributed by atoms with van der Waals surface area (Å²) in [6.45, 7) is 7.25. The van der Waals surface area contributed by atoms with Gasteiger partial charge in [-0.2, -0.15) is 20.2 Å². The lowest BCUT2D eigenvalue weighted by Crippen LogP contribution is -2.48. The third-order valence-electron chi connectivity index (χ3n) is 4.92. The van der Waals surface area contributed by atoms with Gasteiger partial charge < -0.3 is 18.7 Å². The molecule has 0 amide bonds. The van der Waals surface area contributed by atoms with E-state index in [0.717, 1.165) is 5.56 Å². The van der Waals surface area contributed by atoms with Crippen LogP contribution in [-0.4, -0.2) is 70.8 Å². The van der Waals surface area contributed by atoms with E-state index in [9.17, 15) is 22.9 Å². The van der Waals surface area contributed by atoms with Crippen LogP contribution in [0.25, 0.3) is 0 Å². The smallest absolute Gasteiger partial charge is 0.374 e. The number of aliphatic hydroxyl groups excluding tert-OH is 1. The van der Waals surface area contributed by atoms with Crippen LogP contribution in [0.15, 0.2) is 41.8 Å². The maximum Gasteiger partial charge on any atom is 0.374 e. The highest BCUT2D eigenvalue weighted by atomic mass is 32.2. The highest BCUT2D eigenvalue weighted by Gasteiger charge is 2.37. The van der Waals surface area contributed by atoms with Crippen molar-refractivity contribution in [2.45, 2.75) is 31.1 Å². The average molecular weight is 493 g/mol. The van der Waals surface area contributed by atoms with Crippen molar-refractivity contribution < 1.29 is 36.5 Å². The lowest BCUT2D eigenvalue weighted by Gasteiger charge is -2.29. The topological polar surface area (TPSA) is 119 Å². The number of rotatable bonds is 14. The van der Waals surface area contributed by atoms with E-state index in [2.05, 4.69) is 6.58 Å². The number of hydrogen-bond acceptors (Lipinski definition) is 8. The Labute approximate surface area is 190 Å². The fourth-order valence-electron chi connectivity index (χ4n) is 2.95. The van der Waals surface area contributed by atoms with E-state index >= 15 is 0 Å². The molecule has 0 saturated heterocycles. The molecular weight excluding hydrogens is 460 g/mol. The minimum absolute atomic E-state index is 0.122. The second-order valence-electron chi connectivity index (χ2n) is 7.71. The lowest BCUT2D eigenvalue weighted by molar-refractivity contribution is -0.153. The highest BCUT2D eigenvalue weighted by molar-refractivity contribution is 8.00. The van der Waals surface area contributed by atoms with Crippen molar-refractivity contribution >= 4 is 36.4 Å². The molecule has 0 heterocycles. The van der Waals surface area contributed by atoms with E-state index in [-0.39, 0.29) is 29.6 Å². The SMILES string of the molecule is C=CCOC(=O)C(C)(C)CC(CSC[Si](CO)(OC)OC)c1ccc(S(=O)(=O)O)cc1. The Hall–Kier alpha value is -1.21. The molecule has 1 aromatic rings. The minimum Gasteiger partial charge on any atom is -0.461 e. The van der Waals surface area contributed by atoms with Gasteiger partial charge in [0.05, 0.1) is 16.5 Å². The van der Waals surface area contributed by atoms with Crippen LogP contribution in [0.4, 0.5) is 0 Å². The Bertz CT molecular complexity index is 812. The van der Waals surface area contributed by atoms with Crippen LogP contribution in [0.1, 0.15) is 31.7 Å². The Morgan fingerprint density at radius 3 is 2.29 bits per heavy atom. The summed E-state index contributed by atoms with van der Waals surface area (Å²) in [5.41, 5.74) is 0.0137. The van der Waals surface area contributed by atoms with Gasteiger partial charge in [-0.3, -0.25) is 9.35 Å². The summed E-state index contributed by atoms with van der Waals surface area (Å²) in [5, 5.41) is 10.1. The summed E-state index contributed by atoms with van der Waals surface area (Å²) in [6.07, 6.45) is 1.76. The van der Waals surface area contributed by atoms with Crippen molar-refractivity contribution in [3.8, 4) is 0 Å². The molecule has 0 aliphatic heterocycles. The molecule has 31 heavy (non-hydrogen) atoms. The van der Waals surface area contributed by atoms with Crippen LogP contribution in [0, 0.1) is 5.41 Å². The van der Waals surface area contributed by atoms with Gasteiger partial charge in [0.25, 0.3) is 10.1 Å². The molecule has 1 atom stereocenters. The number of thioether (sulfide) groups is 1. The van der Waals surface area contributed by atoms with Crippen molar-refractivity contribution in [3.63, 3.8) is 0 Å². The average Bonchev–Trinajstić information content (AvgIpc) is 2.74. The van der Waals surface area contributed by atoms with E-state index in [1.807, 2.05) is 0 Å². The van der Waals surface area contributed by atoms with Gasteiger partial charge in [0.15, 0.2) is 0 Å². The maximum absolute atomic E-state index is 12.5. The maximum atomic E-state index is 12.5. The first-order chi connectivity index (χ1) is 14.4. The third-order valence-corrected chi connectivity index (χ3v) is 11.0. The first-order valence-electron chi connectivity index (χ1n) is 9.59. The van der Waals surface area contributed by atoms with Gasteiger partial charge in [0.2, 0.25) is 0 Å². The van der Waals surface area contributed by atoms with Gasteiger partial charge in [0, 0.05) is 25.3 Å². The molecule has 0 radical (unpaired) electrons. The second kappa shape index (κ2) is 12.1. The van der Waals surface area contributed by atoms with Crippen LogP contribution in [0.2, 0.25) is 0 Å². The van der Waals surface area contributed by atoms with Crippen molar-refractivity contribution in [1.29, 1.82) is 0 Å². The summed E-state index contributed by atoms with van der Waals surface area (Å²) in [5.74, 6) is 0.0841. The molecule has 1 unspecified atom stereocenters. The number of aliphatic hydroxyl groups is 1.